The van der Waals surface area contributed by atoms with Crippen molar-refractivity contribution in [3.8, 4) is 11.1 Å². The Labute approximate surface area is 210 Å². The SMILES string of the molecule is Cc1ccn([C@@H](CC(C)C)C(=O)N[C@@H](CC(=O)O)c2cncc(-c3c(C)cc(F)cc3C)c2)c(=O)c1. The molecule has 1 amide bonds. The van der Waals surface area contributed by atoms with Gasteiger partial charge in [0.15, 0.2) is 0 Å². The molecule has 0 aliphatic heterocycles. The van der Waals surface area contributed by atoms with Gasteiger partial charge in [0.05, 0.1) is 12.5 Å². The number of rotatable bonds is 9. The maximum atomic E-state index is 13.8. The van der Waals surface area contributed by atoms with Gasteiger partial charge in [0.2, 0.25) is 5.91 Å². The van der Waals surface area contributed by atoms with Crippen LogP contribution in [-0.2, 0) is 9.59 Å². The minimum atomic E-state index is -1.09. The number of halogens is 1. The van der Waals surface area contributed by atoms with Crippen LogP contribution < -0.4 is 10.9 Å². The smallest absolute Gasteiger partial charge is 0.305 e. The van der Waals surface area contributed by atoms with Crippen LogP contribution in [0.25, 0.3) is 11.1 Å². The topological polar surface area (TPSA) is 101 Å². The van der Waals surface area contributed by atoms with E-state index in [4.69, 9.17) is 0 Å². The number of aliphatic carboxylic acids is 1. The van der Waals surface area contributed by atoms with Gasteiger partial charge in [-0.15, -0.1) is 0 Å². The molecule has 1 aromatic carbocycles. The first-order valence-electron chi connectivity index (χ1n) is 11.9. The second-order valence-corrected chi connectivity index (χ2v) is 9.68. The molecule has 3 rings (SSSR count). The summed E-state index contributed by atoms with van der Waals surface area (Å²) < 4.78 is 15.2. The molecule has 3 aromatic rings. The van der Waals surface area contributed by atoms with Crippen LogP contribution in [0.5, 0.6) is 0 Å². The van der Waals surface area contributed by atoms with Crippen LogP contribution in [0.3, 0.4) is 0 Å². The Bertz CT molecular complexity index is 1310. The number of carbonyl (C=O) groups is 2. The van der Waals surface area contributed by atoms with Crippen molar-refractivity contribution < 1.29 is 19.1 Å². The van der Waals surface area contributed by atoms with Gasteiger partial charge in [-0.3, -0.25) is 19.4 Å². The molecule has 0 spiro atoms. The number of hydrogen-bond donors (Lipinski definition) is 2. The minimum Gasteiger partial charge on any atom is -0.481 e. The first kappa shape index (κ1) is 26.8. The summed E-state index contributed by atoms with van der Waals surface area (Å²) in [5, 5.41) is 12.4. The molecule has 190 valence electrons. The third-order valence-electron chi connectivity index (χ3n) is 6.08. The molecule has 2 N–H and O–H groups in total. The zero-order chi connectivity index (χ0) is 26.6. The van der Waals surface area contributed by atoms with E-state index in [1.54, 1.807) is 45.3 Å². The molecule has 0 aliphatic rings. The van der Waals surface area contributed by atoms with Crippen LogP contribution in [0, 0.1) is 32.5 Å². The number of nitrogens with zero attached hydrogens (tertiary/aromatic N) is 2. The lowest BCUT2D eigenvalue weighted by Gasteiger charge is -2.25. The zero-order valence-corrected chi connectivity index (χ0v) is 21.2. The molecule has 0 fully saturated rings. The van der Waals surface area contributed by atoms with Crippen LogP contribution in [0.4, 0.5) is 4.39 Å². The third-order valence-corrected chi connectivity index (χ3v) is 6.08. The molecule has 2 heterocycles. The van der Waals surface area contributed by atoms with Gasteiger partial charge in [0.25, 0.3) is 5.56 Å². The molecule has 8 heteroatoms. The van der Waals surface area contributed by atoms with E-state index in [1.165, 1.54) is 29.0 Å². The summed E-state index contributed by atoms with van der Waals surface area (Å²) >= 11 is 0. The Morgan fingerprint density at radius 2 is 1.75 bits per heavy atom. The van der Waals surface area contributed by atoms with Crippen molar-refractivity contribution in [1.29, 1.82) is 0 Å². The average Bonchev–Trinajstić information content (AvgIpc) is 2.76. The number of aromatic nitrogens is 2. The number of aryl methyl sites for hydroxylation is 3. The summed E-state index contributed by atoms with van der Waals surface area (Å²) in [7, 11) is 0. The van der Waals surface area contributed by atoms with Crippen LogP contribution in [0.2, 0.25) is 0 Å². The van der Waals surface area contributed by atoms with Gasteiger partial charge >= 0.3 is 5.97 Å². The molecule has 7 nitrogen and oxygen atoms in total. The predicted octanol–water partition coefficient (Wildman–Crippen LogP) is 4.89. The van der Waals surface area contributed by atoms with Gasteiger partial charge in [0.1, 0.15) is 11.9 Å². The molecule has 0 radical (unpaired) electrons. The van der Waals surface area contributed by atoms with Gasteiger partial charge in [-0.1, -0.05) is 13.8 Å². The second-order valence-electron chi connectivity index (χ2n) is 9.68. The summed E-state index contributed by atoms with van der Waals surface area (Å²) in [5.41, 5.74) is 3.94. The van der Waals surface area contributed by atoms with Gasteiger partial charge in [0, 0.05) is 30.2 Å². The number of hydrogen-bond acceptors (Lipinski definition) is 4. The normalized spacial score (nSPS) is 12.9. The van der Waals surface area contributed by atoms with Crippen LogP contribution in [0.15, 0.2) is 53.7 Å². The third kappa shape index (κ3) is 6.44. The monoisotopic (exact) mass is 493 g/mol. The minimum absolute atomic E-state index is 0.112. The van der Waals surface area contributed by atoms with Crippen molar-refractivity contribution in [2.24, 2.45) is 5.92 Å². The highest BCUT2D eigenvalue weighted by Gasteiger charge is 2.27. The van der Waals surface area contributed by atoms with Crippen LogP contribution in [0.1, 0.15) is 61.0 Å². The first-order valence-corrected chi connectivity index (χ1v) is 11.9. The van der Waals surface area contributed by atoms with Crippen LogP contribution >= 0.6 is 0 Å². The fourth-order valence-electron chi connectivity index (χ4n) is 4.49. The Morgan fingerprint density at radius 3 is 2.33 bits per heavy atom. The molecule has 0 aliphatic carbocycles. The highest BCUT2D eigenvalue weighted by molar-refractivity contribution is 5.82. The van der Waals surface area contributed by atoms with E-state index in [0.717, 1.165) is 22.3 Å². The Balaban J connectivity index is 1.99. The number of nitrogens with one attached hydrogen (secondary N) is 1. The highest BCUT2D eigenvalue weighted by Crippen LogP contribution is 2.30. The number of benzene rings is 1. The Kier molecular flexibility index (Phi) is 8.40. The Morgan fingerprint density at radius 1 is 1.08 bits per heavy atom. The molecule has 0 saturated carbocycles. The lowest BCUT2D eigenvalue weighted by atomic mass is 9.94. The fraction of sp³-hybridized carbons (Fsp3) is 0.357. The van der Waals surface area contributed by atoms with E-state index in [0.29, 0.717) is 17.5 Å². The number of pyridine rings is 2. The lowest BCUT2D eigenvalue weighted by Crippen LogP contribution is -2.40. The summed E-state index contributed by atoms with van der Waals surface area (Å²) in [6.07, 6.45) is 4.78. The van der Waals surface area contributed by atoms with E-state index in [-0.39, 0.29) is 23.7 Å². The lowest BCUT2D eigenvalue weighted by molar-refractivity contribution is -0.138. The number of amides is 1. The van der Waals surface area contributed by atoms with Gasteiger partial charge in [-0.25, -0.2) is 4.39 Å². The molecule has 2 aromatic heterocycles. The predicted molar refractivity (Wildman–Crippen MR) is 136 cm³/mol. The van der Waals surface area contributed by atoms with E-state index in [2.05, 4.69) is 10.3 Å². The molecular formula is C28H32FN3O4. The van der Waals surface area contributed by atoms with E-state index < -0.39 is 24.0 Å². The largest absolute Gasteiger partial charge is 0.481 e. The molecule has 0 saturated heterocycles. The van der Waals surface area contributed by atoms with Crippen LogP contribution in [-0.4, -0.2) is 26.5 Å². The quantitative estimate of drug-likeness (QED) is 0.442. The fourth-order valence-corrected chi connectivity index (χ4v) is 4.49. The van der Waals surface area contributed by atoms with Crippen molar-refractivity contribution in [1.82, 2.24) is 14.9 Å². The van der Waals surface area contributed by atoms with E-state index >= 15 is 0 Å². The molecule has 0 unspecified atom stereocenters. The molecule has 0 bridgehead atoms. The van der Waals surface area contributed by atoms with Crippen molar-refractivity contribution in [2.75, 3.05) is 0 Å². The van der Waals surface area contributed by atoms with Gasteiger partial charge < -0.3 is 15.0 Å². The number of carboxylic acid groups (broad SMARTS) is 1. The first-order chi connectivity index (χ1) is 17.0. The maximum Gasteiger partial charge on any atom is 0.305 e. The summed E-state index contributed by atoms with van der Waals surface area (Å²) in [6.45, 7) is 9.30. The number of carboxylic acids is 1. The summed E-state index contributed by atoms with van der Waals surface area (Å²) in [4.78, 5) is 42.1. The highest BCUT2D eigenvalue weighted by atomic mass is 19.1. The molecule has 2 atom stereocenters. The van der Waals surface area contributed by atoms with Crippen molar-refractivity contribution in [2.45, 2.75) is 59.5 Å². The van der Waals surface area contributed by atoms with Crippen molar-refractivity contribution >= 4 is 11.9 Å². The van der Waals surface area contributed by atoms with Crippen molar-refractivity contribution in [3.05, 3.63) is 87.3 Å². The second kappa shape index (κ2) is 11.3. The van der Waals surface area contributed by atoms with Gasteiger partial charge in [-0.05, 0) is 85.2 Å². The molecule has 36 heavy (non-hydrogen) atoms. The summed E-state index contributed by atoms with van der Waals surface area (Å²) in [5.74, 6) is -1.76. The molecular weight excluding hydrogens is 461 g/mol. The number of carbonyl (C=O) groups excluding carboxylic acids is 1. The van der Waals surface area contributed by atoms with E-state index in [9.17, 15) is 23.9 Å². The van der Waals surface area contributed by atoms with E-state index in [1.807, 2.05) is 13.8 Å². The maximum absolute atomic E-state index is 13.8. The summed E-state index contributed by atoms with van der Waals surface area (Å²) in [6, 6.07) is 6.19. The van der Waals surface area contributed by atoms with Crippen molar-refractivity contribution in [3.63, 3.8) is 0 Å². The zero-order valence-electron chi connectivity index (χ0n) is 21.2. The standard InChI is InChI=1S/C28H32FN3O4/c1-16(2)8-24(32-7-6-17(3)9-25(32)33)28(36)31-23(13-26(34)35)20-12-21(15-30-14-20)27-18(4)10-22(29)11-19(27)5/h6-7,9-12,14-16,23-24H,8,13H2,1-5H3,(H,31,36)(H,34,35)/t23-,24-/m0/s1. The average molecular weight is 494 g/mol. The van der Waals surface area contributed by atoms with Gasteiger partial charge in [-0.2, -0.15) is 0 Å². The Hall–Kier alpha value is -3.81.